The van der Waals surface area contributed by atoms with E-state index in [1.54, 1.807) is 6.92 Å². The molecule has 1 aromatic carbocycles. The van der Waals surface area contributed by atoms with E-state index in [0.717, 1.165) is 6.07 Å². The normalized spacial score (nSPS) is 20.2. The molecular formula is C20H19BF3N5O3. The Morgan fingerprint density at radius 3 is 2.91 bits per heavy atom. The average molecular weight is 445 g/mol. The molecule has 12 heteroatoms. The summed E-state index contributed by atoms with van der Waals surface area (Å²) in [5, 5.41) is 24.9. The number of nitriles is 1. The van der Waals surface area contributed by atoms with Gasteiger partial charge in [-0.05, 0) is 31.5 Å². The van der Waals surface area contributed by atoms with Gasteiger partial charge in [0.15, 0.2) is 0 Å². The van der Waals surface area contributed by atoms with Gasteiger partial charge in [0.25, 0.3) is 0 Å². The van der Waals surface area contributed by atoms with E-state index in [2.05, 4.69) is 26.7 Å². The van der Waals surface area contributed by atoms with Crippen molar-refractivity contribution in [2.24, 2.45) is 5.92 Å². The Labute approximate surface area is 182 Å². The van der Waals surface area contributed by atoms with Crippen LogP contribution in [-0.4, -0.2) is 41.4 Å². The zero-order chi connectivity index (χ0) is 22.9. The number of fused-ring (bicyclic) bond motifs is 1. The fourth-order valence-corrected chi connectivity index (χ4v) is 3.52. The molecule has 0 bridgehead atoms. The van der Waals surface area contributed by atoms with Crippen LogP contribution in [0.25, 0.3) is 6.08 Å². The highest BCUT2D eigenvalue weighted by Gasteiger charge is 2.38. The number of hydrogen-bond acceptors (Lipinski definition) is 8. The third-order valence-corrected chi connectivity index (χ3v) is 5.17. The number of nitrogens with one attached hydrogen (secondary N) is 2. The van der Waals surface area contributed by atoms with Crippen LogP contribution in [0.4, 0.5) is 30.6 Å². The van der Waals surface area contributed by atoms with Crippen LogP contribution in [0.15, 0.2) is 24.3 Å². The van der Waals surface area contributed by atoms with Crippen molar-refractivity contribution in [1.82, 2.24) is 9.97 Å². The van der Waals surface area contributed by atoms with Gasteiger partial charge in [-0.25, -0.2) is 4.98 Å². The molecule has 0 aliphatic carbocycles. The van der Waals surface area contributed by atoms with Crippen LogP contribution < -0.4 is 15.3 Å². The summed E-state index contributed by atoms with van der Waals surface area (Å²) in [6.45, 7) is 2.65. The highest BCUT2D eigenvalue weighted by Crippen LogP contribution is 2.42. The second-order valence-electron chi connectivity index (χ2n) is 7.51. The lowest BCUT2D eigenvalue weighted by Crippen LogP contribution is -2.38. The summed E-state index contributed by atoms with van der Waals surface area (Å²) in [6, 6.07) is 4.32. The molecule has 4 rings (SSSR count). The second-order valence-corrected chi connectivity index (χ2v) is 7.51. The van der Waals surface area contributed by atoms with Crippen LogP contribution in [0.1, 0.15) is 23.1 Å². The first-order chi connectivity index (χ1) is 15.2. The molecule has 166 valence electrons. The first kappa shape index (κ1) is 21.9. The van der Waals surface area contributed by atoms with Gasteiger partial charge in [-0.15, -0.1) is 0 Å². The SMILES string of the molecule is Cc1cnc(Nc2cc3c(c(C(F)(F)F)c2)OB(O)C=C3)nc1N[C@@H]1COCC[C@H]1C#N. The number of benzene rings is 1. The number of rotatable bonds is 4. The summed E-state index contributed by atoms with van der Waals surface area (Å²) < 4.78 is 51.1. The lowest BCUT2D eigenvalue weighted by Gasteiger charge is -2.28. The fraction of sp³-hybridized carbons (Fsp3) is 0.350. The van der Waals surface area contributed by atoms with Crippen LogP contribution in [0.5, 0.6) is 5.75 Å². The molecule has 1 aromatic heterocycles. The van der Waals surface area contributed by atoms with Crippen LogP contribution in [0.2, 0.25) is 0 Å². The maximum absolute atomic E-state index is 13.6. The van der Waals surface area contributed by atoms with E-state index in [-0.39, 0.29) is 29.2 Å². The molecule has 2 aromatic rings. The molecule has 0 saturated carbocycles. The van der Waals surface area contributed by atoms with Gasteiger partial charge >= 0.3 is 13.3 Å². The summed E-state index contributed by atoms with van der Waals surface area (Å²) in [5.74, 6) is 1.10. The Bertz CT molecular complexity index is 1090. The van der Waals surface area contributed by atoms with Gasteiger partial charge in [-0.1, -0.05) is 6.08 Å². The summed E-state index contributed by atoms with van der Waals surface area (Å²) in [5.41, 5.74) is -0.0483. The zero-order valence-corrected chi connectivity index (χ0v) is 17.0. The van der Waals surface area contributed by atoms with Crippen molar-refractivity contribution in [2.75, 3.05) is 23.8 Å². The van der Waals surface area contributed by atoms with Gasteiger partial charge in [-0.2, -0.15) is 23.4 Å². The molecule has 32 heavy (non-hydrogen) atoms. The van der Waals surface area contributed by atoms with Crippen molar-refractivity contribution in [3.8, 4) is 11.8 Å². The van der Waals surface area contributed by atoms with Crippen molar-refractivity contribution in [1.29, 1.82) is 5.26 Å². The Kier molecular flexibility index (Phi) is 5.95. The lowest BCUT2D eigenvalue weighted by molar-refractivity contribution is -0.138. The topological polar surface area (TPSA) is 112 Å². The molecule has 1 fully saturated rings. The van der Waals surface area contributed by atoms with Crippen molar-refractivity contribution < 1.29 is 27.6 Å². The smallest absolute Gasteiger partial charge is 0.532 e. The lowest BCUT2D eigenvalue weighted by atomic mass is 9.85. The van der Waals surface area contributed by atoms with E-state index in [0.29, 0.717) is 31.0 Å². The molecule has 2 aliphatic rings. The number of ether oxygens (including phenoxy) is 1. The fourth-order valence-electron chi connectivity index (χ4n) is 3.52. The maximum atomic E-state index is 13.6. The van der Waals surface area contributed by atoms with Gasteiger partial charge in [0.05, 0.1) is 30.2 Å². The number of anilines is 3. The molecule has 0 amide bonds. The van der Waals surface area contributed by atoms with Gasteiger partial charge < -0.3 is 25.0 Å². The largest absolute Gasteiger partial charge is 0.552 e. The third kappa shape index (κ3) is 4.63. The van der Waals surface area contributed by atoms with E-state index in [4.69, 9.17) is 9.39 Å². The molecule has 8 nitrogen and oxygen atoms in total. The summed E-state index contributed by atoms with van der Waals surface area (Å²) in [7, 11) is -1.45. The second kappa shape index (κ2) is 8.68. The molecule has 0 unspecified atom stereocenters. The van der Waals surface area contributed by atoms with Crippen LogP contribution in [0, 0.1) is 24.2 Å². The molecule has 0 spiro atoms. The first-order valence-electron chi connectivity index (χ1n) is 9.87. The van der Waals surface area contributed by atoms with E-state index in [1.165, 1.54) is 24.3 Å². The van der Waals surface area contributed by atoms with Gasteiger partial charge in [0, 0.05) is 29.6 Å². The average Bonchev–Trinajstić information content (AvgIpc) is 2.75. The van der Waals surface area contributed by atoms with Crippen LogP contribution in [0.3, 0.4) is 0 Å². The number of hydrogen-bond donors (Lipinski definition) is 3. The monoisotopic (exact) mass is 445 g/mol. The molecule has 2 atom stereocenters. The predicted octanol–water partition coefficient (Wildman–Crippen LogP) is 3.31. The number of alkyl halides is 3. The number of halogens is 3. The number of nitrogens with zero attached hydrogens (tertiary/aromatic N) is 3. The van der Waals surface area contributed by atoms with Crippen molar-refractivity contribution in [2.45, 2.75) is 25.6 Å². The molecular weight excluding hydrogens is 426 g/mol. The Balaban J connectivity index is 1.62. The summed E-state index contributed by atoms with van der Waals surface area (Å²) in [4.78, 5) is 8.53. The minimum Gasteiger partial charge on any atom is -0.532 e. The minimum absolute atomic E-state index is 0.0807. The highest BCUT2D eigenvalue weighted by atomic mass is 19.4. The van der Waals surface area contributed by atoms with Crippen molar-refractivity contribution in [3.63, 3.8) is 0 Å². The van der Waals surface area contributed by atoms with Gasteiger partial charge in [0.2, 0.25) is 5.95 Å². The maximum Gasteiger partial charge on any atom is 0.552 e. The standard InChI is InChI=1S/C20H19BF3N5O3/c1-11-9-26-19(29-18(11)28-16-10-31-5-3-13(16)8-25)27-14-6-12-2-4-21(30)32-17(12)15(7-14)20(22,23)24/h2,4,6-7,9,13,16,30H,3,5,10H2,1H3,(H2,26,27,28,29)/t13-,16+/m0/s1. The van der Waals surface area contributed by atoms with E-state index < -0.39 is 24.6 Å². The van der Waals surface area contributed by atoms with Gasteiger partial charge in [-0.3, -0.25) is 0 Å². The Morgan fingerprint density at radius 2 is 2.16 bits per heavy atom. The third-order valence-electron chi connectivity index (χ3n) is 5.17. The molecule has 3 heterocycles. The Morgan fingerprint density at radius 1 is 1.34 bits per heavy atom. The molecule has 3 N–H and O–H groups in total. The number of aromatic nitrogens is 2. The van der Waals surface area contributed by atoms with E-state index >= 15 is 0 Å². The highest BCUT2D eigenvalue weighted by molar-refractivity contribution is 6.51. The van der Waals surface area contributed by atoms with Crippen molar-refractivity contribution >= 4 is 30.6 Å². The summed E-state index contributed by atoms with van der Waals surface area (Å²) in [6.07, 6.45) is -1.20. The van der Waals surface area contributed by atoms with E-state index in [1.807, 2.05) is 0 Å². The quantitative estimate of drug-likeness (QED) is 0.615. The molecule has 0 radical (unpaired) electrons. The predicted molar refractivity (Wildman–Crippen MR) is 111 cm³/mol. The van der Waals surface area contributed by atoms with Crippen LogP contribution >= 0.6 is 0 Å². The first-order valence-corrected chi connectivity index (χ1v) is 9.87. The number of aryl methyl sites for hydroxylation is 1. The molecule has 2 aliphatic heterocycles. The Hall–Kier alpha value is -3.30. The van der Waals surface area contributed by atoms with E-state index in [9.17, 15) is 23.5 Å². The minimum atomic E-state index is -4.69. The van der Waals surface area contributed by atoms with Crippen LogP contribution in [-0.2, 0) is 10.9 Å². The summed E-state index contributed by atoms with van der Waals surface area (Å²) >= 11 is 0. The van der Waals surface area contributed by atoms with Gasteiger partial charge in [0.1, 0.15) is 11.6 Å². The van der Waals surface area contributed by atoms with Crippen molar-refractivity contribution in [3.05, 3.63) is 41.0 Å². The zero-order valence-electron chi connectivity index (χ0n) is 17.0. The molecule has 1 saturated heterocycles.